The Labute approximate surface area is 155 Å². The lowest BCUT2D eigenvalue weighted by Crippen LogP contribution is -2.37. The summed E-state index contributed by atoms with van der Waals surface area (Å²) in [5, 5.41) is 3.43. The van der Waals surface area contributed by atoms with Gasteiger partial charge in [-0.25, -0.2) is 13.4 Å². The molecule has 0 bridgehead atoms. The third-order valence-corrected chi connectivity index (χ3v) is 6.50. The molecule has 1 aromatic heterocycles. The molecule has 7 heteroatoms. The Morgan fingerprint density at radius 3 is 2.62 bits per heavy atom. The summed E-state index contributed by atoms with van der Waals surface area (Å²) in [6.07, 6.45) is 0.636. The van der Waals surface area contributed by atoms with Crippen LogP contribution in [0.2, 0.25) is 0 Å². The van der Waals surface area contributed by atoms with E-state index in [1.165, 1.54) is 5.56 Å². The van der Waals surface area contributed by atoms with Crippen molar-refractivity contribution in [2.45, 2.75) is 39.3 Å². The summed E-state index contributed by atoms with van der Waals surface area (Å²) < 4.78 is 23.7. The van der Waals surface area contributed by atoms with E-state index in [2.05, 4.69) is 34.3 Å². The lowest BCUT2D eigenvalue weighted by molar-refractivity contribution is 0.599. The molecule has 2 unspecified atom stereocenters. The molecule has 2 heterocycles. The van der Waals surface area contributed by atoms with E-state index in [-0.39, 0.29) is 23.6 Å². The van der Waals surface area contributed by atoms with Crippen LogP contribution in [0, 0.1) is 6.92 Å². The number of anilines is 2. The van der Waals surface area contributed by atoms with Crippen LogP contribution >= 0.6 is 0 Å². The average molecular weight is 375 g/mol. The zero-order chi connectivity index (χ0) is 18.7. The zero-order valence-corrected chi connectivity index (χ0v) is 16.3. The summed E-state index contributed by atoms with van der Waals surface area (Å²) in [5.41, 5.74) is 2.04. The Balaban J connectivity index is 1.82. The number of aryl methyl sites for hydroxylation is 1. The zero-order valence-electron chi connectivity index (χ0n) is 15.5. The van der Waals surface area contributed by atoms with Gasteiger partial charge in [-0.2, -0.15) is 4.98 Å². The van der Waals surface area contributed by atoms with Gasteiger partial charge < -0.3 is 10.2 Å². The molecule has 0 saturated carbocycles. The van der Waals surface area contributed by atoms with Crippen molar-refractivity contribution in [1.82, 2.24) is 9.97 Å². The predicted octanol–water partition coefficient (Wildman–Crippen LogP) is 2.97. The van der Waals surface area contributed by atoms with E-state index >= 15 is 0 Å². The molecule has 0 amide bonds. The number of hydrogen-bond acceptors (Lipinski definition) is 6. The van der Waals surface area contributed by atoms with E-state index < -0.39 is 9.84 Å². The highest BCUT2D eigenvalue weighted by atomic mass is 32.2. The number of benzene rings is 1. The number of hydrogen-bond donors (Lipinski definition) is 1. The second kappa shape index (κ2) is 7.61. The Morgan fingerprint density at radius 2 is 2.00 bits per heavy atom. The first kappa shape index (κ1) is 18.6. The maximum atomic E-state index is 11.8. The third kappa shape index (κ3) is 4.33. The minimum atomic E-state index is -2.95. The van der Waals surface area contributed by atoms with E-state index in [1.54, 1.807) is 0 Å². The molecule has 1 fully saturated rings. The molecule has 0 radical (unpaired) electrons. The second-order valence-electron chi connectivity index (χ2n) is 6.81. The molecular formula is C19H26N4O2S. The van der Waals surface area contributed by atoms with Gasteiger partial charge in [0.2, 0.25) is 5.95 Å². The van der Waals surface area contributed by atoms with Crippen molar-refractivity contribution in [1.29, 1.82) is 0 Å². The van der Waals surface area contributed by atoms with Crippen LogP contribution in [0.15, 0.2) is 36.4 Å². The van der Waals surface area contributed by atoms with Gasteiger partial charge in [0.25, 0.3) is 0 Å². The average Bonchev–Trinajstić information content (AvgIpc) is 2.95. The number of aromatic nitrogens is 2. The van der Waals surface area contributed by atoms with Crippen LogP contribution in [0.25, 0.3) is 0 Å². The normalized spacial score (nSPS) is 19.9. The van der Waals surface area contributed by atoms with Crippen LogP contribution in [0.5, 0.6) is 0 Å². The van der Waals surface area contributed by atoms with Crippen molar-refractivity contribution in [3.05, 3.63) is 47.7 Å². The fourth-order valence-electron chi connectivity index (χ4n) is 3.39. The first-order chi connectivity index (χ1) is 12.4. The Hall–Kier alpha value is -2.15. The van der Waals surface area contributed by atoms with Gasteiger partial charge in [0, 0.05) is 30.4 Å². The van der Waals surface area contributed by atoms with Crippen molar-refractivity contribution < 1.29 is 8.42 Å². The molecule has 1 N–H and O–H groups in total. The monoisotopic (exact) mass is 374 g/mol. The molecule has 2 atom stereocenters. The third-order valence-electron chi connectivity index (χ3n) is 4.75. The van der Waals surface area contributed by atoms with Gasteiger partial charge in [-0.1, -0.05) is 30.3 Å². The lowest BCUT2D eigenvalue weighted by Gasteiger charge is -2.27. The summed E-state index contributed by atoms with van der Waals surface area (Å²) in [6.45, 7) is 6.71. The van der Waals surface area contributed by atoms with Crippen LogP contribution in [-0.4, -0.2) is 42.5 Å². The van der Waals surface area contributed by atoms with Gasteiger partial charge in [-0.15, -0.1) is 0 Å². The summed E-state index contributed by atoms with van der Waals surface area (Å²) in [6, 6.07) is 12.2. The summed E-state index contributed by atoms with van der Waals surface area (Å²) in [4.78, 5) is 11.2. The van der Waals surface area contributed by atoms with Crippen LogP contribution in [0.1, 0.15) is 37.6 Å². The maximum Gasteiger partial charge on any atom is 0.227 e. The van der Waals surface area contributed by atoms with Gasteiger partial charge in [-0.3, -0.25) is 0 Å². The van der Waals surface area contributed by atoms with E-state index in [1.807, 2.05) is 43.0 Å². The standard InChI is InChI=1S/C19H26N4O2S/c1-4-23(17-10-11-26(24,25)13-17)19-20-14(2)12-18(22-19)21-15(3)16-8-6-5-7-9-16/h5-9,12,15,17H,4,10-11,13H2,1-3H3,(H,20,21,22). The molecule has 1 aliphatic heterocycles. The van der Waals surface area contributed by atoms with Crippen molar-refractivity contribution >= 4 is 21.6 Å². The van der Waals surface area contributed by atoms with Gasteiger partial charge in [0.1, 0.15) is 5.82 Å². The highest BCUT2D eigenvalue weighted by molar-refractivity contribution is 7.91. The van der Waals surface area contributed by atoms with Gasteiger partial charge >= 0.3 is 0 Å². The fourth-order valence-corrected chi connectivity index (χ4v) is 5.12. The molecule has 1 aromatic carbocycles. The quantitative estimate of drug-likeness (QED) is 0.838. The maximum absolute atomic E-state index is 11.8. The molecule has 0 aliphatic carbocycles. The van der Waals surface area contributed by atoms with E-state index in [9.17, 15) is 8.42 Å². The van der Waals surface area contributed by atoms with Crippen molar-refractivity contribution in [2.75, 3.05) is 28.3 Å². The molecule has 140 valence electrons. The molecular weight excluding hydrogens is 348 g/mol. The van der Waals surface area contributed by atoms with Crippen LogP contribution in [0.4, 0.5) is 11.8 Å². The first-order valence-corrected chi connectivity index (χ1v) is 10.8. The molecule has 1 aliphatic rings. The summed E-state index contributed by atoms with van der Waals surface area (Å²) in [7, 11) is -2.95. The van der Waals surface area contributed by atoms with Crippen LogP contribution < -0.4 is 10.2 Å². The number of nitrogens with one attached hydrogen (secondary N) is 1. The van der Waals surface area contributed by atoms with Gasteiger partial charge in [0.05, 0.1) is 11.5 Å². The molecule has 3 rings (SSSR count). The van der Waals surface area contributed by atoms with Crippen molar-refractivity contribution in [2.24, 2.45) is 0 Å². The van der Waals surface area contributed by atoms with Crippen LogP contribution in [0.3, 0.4) is 0 Å². The Kier molecular flexibility index (Phi) is 5.46. The molecule has 26 heavy (non-hydrogen) atoms. The van der Waals surface area contributed by atoms with Gasteiger partial charge in [-0.05, 0) is 32.8 Å². The number of rotatable bonds is 6. The van der Waals surface area contributed by atoms with Crippen molar-refractivity contribution in [3.63, 3.8) is 0 Å². The number of nitrogens with zero attached hydrogens (tertiary/aromatic N) is 3. The Morgan fingerprint density at radius 1 is 1.27 bits per heavy atom. The molecule has 6 nitrogen and oxygen atoms in total. The Bertz CT molecular complexity index is 855. The highest BCUT2D eigenvalue weighted by Crippen LogP contribution is 2.24. The highest BCUT2D eigenvalue weighted by Gasteiger charge is 2.33. The predicted molar refractivity (Wildman–Crippen MR) is 105 cm³/mol. The smallest absolute Gasteiger partial charge is 0.227 e. The minimum Gasteiger partial charge on any atom is -0.363 e. The summed E-state index contributed by atoms with van der Waals surface area (Å²) in [5.74, 6) is 1.78. The van der Waals surface area contributed by atoms with E-state index in [0.29, 0.717) is 18.9 Å². The number of sulfone groups is 1. The van der Waals surface area contributed by atoms with Crippen LogP contribution in [-0.2, 0) is 9.84 Å². The van der Waals surface area contributed by atoms with E-state index in [4.69, 9.17) is 0 Å². The topological polar surface area (TPSA) is 75.2 Å². The molecule has 0 spiro atoms. The fraction of sp³-hybridized carbons (Fsp3) is 0.474. The van der Waals surface area contributed by atoms with Crippen molar-refractivity contribution in [3.8, 4) is 0 Å². The molecule has 1 saturated heterocycles. The minimum absolute atomic E-state index is 0.0498. The van der Waals surface area contributed by atoms with E-state index in [0.717, 1.165) is 11.5 Å². The molecule has 2 aromatic rings. The van der Waals surface area contributed by atoms with Gasteiger partial charge in [0.15, 0.2) is 9.84 Å². The second-order valence-corrected chi connectivity index (χ2v) is 9.04. The SMILES string of the molecule is CCN(c1nc(C)cc(NC(C)c2ccccc2)n1)C1CCS(=O)(=O)C1. The first-order valence-electron chi connectivity index (χ1n) is 9.02. The summed E-state index contributed by atoms with van der Waals surface area (Å²) >= 11 is 0. The lowest BCUT2D eigenvalue weighted by atomic mass is 10.1. The largest absolute Gasteiger partial charge is 0.363 e.